The molecule has 0 radical (unpaired) electrons. The van der Waals surface area contributed by atoms with Crippen molar-refractivity contribution in [2.75, 3.05) is 7.11 Å². The Hall–Kier alpha value is -3.75. The lowest BCUT2D eigenvalue weighted by Gasteiger charge is -2.01. The van der Waals surface area contributed by atoms with Crippen LogP contribution in [0.2, 0.25) is 0 Å². The van der Waals surface area contributed by atoms with E-state index in [2.05, 4.69) is 25.4 Å². The van der Waals surface area contributed by atoms with Crippen molar-refractivity contribution in [2.45, 2.75) is 13.8 Å². The third-order valence-electron chi connectivity index (χ3n) is 4.15. The quantitative estimate of drug-likeness (QED) is 0.559. The Kier molecular flexibility index (Phi) is 4.03. The zero-order valence-corrected chi connectivity index (χ0v) is 15.0. The minimum Gasteiger partial charge on any atom is -0.497 e. The number of benzene rings is 1. The van der Waals surface area contributed by atoms with E-state index in [1.165, 1.54) is 4.68 Å². The van der Waals surface area contributed by atoms with E-state index in [1.54, 1.807) is 43.0 Å². The largest absolute Gasteiger partial charge is 0.497 e. The zero-order chi connectivity index (χ0) is 19.0. The molecule has 0 aliphatic carbocycles. The highest BCUT2D eigenvalue weighted by Gasteiger charge is 2.13. The Morgan fingerprint density at radius 1 is 1.19 bits per heavy atom. The molecule has 0 amide bonds. The van der Waals surface area contributed by atoms with Gasteiger partial charge in [-0.05, 0) is 38.1 Å². The van der Waals surface area contributed by atoms with Gasteiger partial charge in [-0.2, -0.15) is 9.20 Å². The number of rotatable bonds is 4. The molecule has 0 fully saturated rings. The Labute approximate surface area is 153 Å². The minimum absolute atomic E-state index is 0.239. The molecular weight excluding hydrogens is 346 g/mol. The van der Waals surface area contributed by atoms with Crippen LogP contribution < -0.4 is 10.3 Å². The van der Waals surface area contributed by atoms with Gasteiger partial charge in [0.15, 0.2) is 17.3 Å². The van der Waals surface area contributed by atoms with Crippen molar-refractivity contribution in [3.63, 3.8) is 0 Å². The summed E-state index contributed by atoms with van der Waals surface area (Å²) in [5, 5.41) is 15.4. The number of nitrogens with one attached hydrogen (secondary N) is 1. The van der Waals surface area contributed by atoms with Gasteiger partial charge in [0.2, 0.25) is 0 Å². The first-order valence-corrected chi connectivity index (χ1v) is 8.26. The van der Waals surface area contributed by atoms with Crippen molar-refractivity contribution in [1.29, 1.82) is 0 Å². The highest BCUT2D eigenvalue weighted by molar-refractivity contribution is 5.83. The topological polar surface area (TPSA) is 102 Å². The van der Waals surface area contributed by atoms with Gasteiger partial charge in [-0.1, -0.05) is 6.07 Å². The standard InChI is InChI=1S/C18H17N7O2/c1-11-15(10-19-13-5-4-6-14(9-13)27-3)18(26)25(22-11)17-8-7-16-21-20-12(2)24(16)23-17/h4-10,22H,1-3H3. The smallest absolute Gasteiger partial charge is 0.281 e. The van der Waals surface area contributed by atoms with Crippen molar-refractivity contribution < 1.29 is 4.74 Å². The molecule has 136 valence electrons. The highest BCUT2D eigenvalue weighted by atomic mass is 16.5. The molecule has 4 aromatic rings. The number of nitrogens with zero attached hydrogens (tertiary/aromatic N) is 6. The van der Waals surface area contributed by atoms with Gasteiger partial charge in [0.25, 0.3) is 5.56 Å². The molecule has 9 nitrogen and oxygen atoms in total. The number of fused-ring (bicyclic) bond motifs is 1. The second-order valence-electron chi connectivity index (χ2n) is 5.96. The summed E-state index contributed by atoms with van der Waals surface area (Å²) < 4.78 is 8.15. The molecule has 0 aliphatic heterocycles. The Bertz CT molecular complexity index is 1220. The Morgan fingerprint density at radius 2 is 2.04 bits per heavy atom. The summed E-state index contributed by atoms with van der Waals surface area (Å²) in [5.74, 6) is 1.79. The van der Waals surface area contributed by atoms with Crippen LogP contribution in [0.25, 0.3) is 11.5 Å². The summed E-state index contributed by atoms with van der Waals surface area (Å²) in [6.07, 6.45) is 1.54. The molecule has 0 unspecified atom stereocenters. The summed E-state index contributed by atoms with van der Waals surface area (Å²) in [5.41, 5.74) is 2.22. The van der Waals surface area contributed by atoms with E-state index in [0.717, 1.165) is 0 Å². The van der Waals surface area contributed by atoms with Crippen LogP contribution >= 0.6 is 0 Å². The third-order valence-corrected chi connectivity index (χ3v) is 4.15. The summed E-state index contributed by atoms with van der Waals surface area (Å²) in [4.78, 5) is 17.2. The normalized spacial score (nSPS) is 11.5. The first kappa shape index (κ1) is 16.7. The fraction of sp³-hybridized carbons (Fsp3) is 0.167. The number of aliphatic imine (C=N–C) groups is 1. The first-order chi connectivity index (χ1) is 13.1. The van der Waals surface area contributed by atoms with Gasteiger partial charge < -0.3 is 4.74 Å². The van der Waals surface area contributed by atoms with Crippen LogP contribution in [0, 0.1) is 13.8 Å². The summed E-state index contributed by atoms with van der Waals surface area (Å²) in [7, 11) is 1.60. The SMILES string of the molecule is COc1cccc(N=Cc2c(C)[nH]n(-c3ccc4nnc(C)n4n3)c2=O)c1. The van der Waals surface area contributed by atoms with Crippen molar-refractivity contribution in [2.24, 2.45) is 4.99 Å². The number of methoxy groups -OCH3 is 1. The van der Waals surface area contributed by atoms with Crippen LogP contribution in [0.3, 0.4) is 0 Å². The van der Waals surface area contributed by atoms with E-state index >= 15 is 0 Å². The maximum Gasteiger partial charge on any atom is 0.281 e. The minimum atomic E-state index is -0.239. The molecule has 0 saturated carbocycles. The predicted molar refractivity (Wildman–Crippen MR) is 100 cm³/mol. The number of ether oxygens (including phenoxy) is 1. The van der Waals surface area contributed by atoms with E-state index in [1.807, 2.05) is 25.1 Å². The fourth-order valence-electron chi connectivity index (χ4n) is 2.71. The number of aromatic nitrogens is 6. The molecule has 0 spiro atoms. The molecule has 4 rings (SSSR count). The number of aromatic amines is 1. The molecule has 0 saturated heterocycles. The number of aryl methyl sites for hydroxylation is 2. The molecular formula is C18H17N7O2. The van der Waals surface area contributed by atoms with Gasteiger partial charge in [-0.15, -0.1) is 15.3 Å². The van der Waals surface area contributed by atoms with Crippen molar-refractivity contribution in [3.8, 4) is 11.6 Å². The van der Waals surface area contributed by atoms with E-state index in [9.17, 15) is 4.79 Å². The molecule has 0 atom stereocenters. The van der Waals surface area contributed by atoms with Crippen molar-refractivity contribution in [1.82, 2.24) is 29.6 Å². The summed E-state index contributed by atoms with van der Waals surface area (Å²) >= 11 is 0. The lowest BCUT2D eigenvalue weighted by Crippen LogP contribution is -2.19. The van der Waals surface area contributed by atoms with Gasteiger partial charge in [-0.25, -0.2) is 0 Å². The van der Waals surface area contributed by atoms with Gasteiger partial charge in [0.05, 0.1) is 18.4 Å². The van der Waals surface area contributed by atoms with Crippen LogP contribution in [0.5, 0.6) is 5.75 Å². The van der Waals surface area contributed by atoms with Crippen molar-refractivity contribution in [3.05, 3.63) is 63.8 Å². The first-order valence-electron chi connectivity index (χ1n) is 8.26. The van der Waals surface area contributed by atoms with Crippen LogP contribution in [-0.2, 0) is 0 Å². The number of hydrogen-bond donors (Lipinski definition) is 1. The van der Waals surface area contributed by atoms with E-state index in [0.29, 0.717) is 40.0 Å². The van der Waals surface area contributed by atoms with E-state index in [4.69, 9.17) is 4.74 Å². The summed E-state index contributed by atoms with van der Waals surface area (Å²) in [6, 6.07) is 10.8. The van der Waals surface area contributed by atoms with Gasteiger partial charge in [0, 0.05) is 18.0 Å². The van der Waals surface area contributed by atoms with E-state index in [-0.39, 0.29) is 5.56 Å². The maximum atomic E-state index is 12.8. The summed E-state index contributed by atoms with van der Waals surface area (Å²) in [6.45, 7) is 3.61. The number of hydrogen-bond acceptors (Lipinski definition) is 6. The molecule has 27 heavy (non-hydrogen) atoms. The molecule has 1 N–H and O–H groups in total. The van der Waals surface area contributed by atoms with Crippen LogP contribution in [0.1, 0.15) is 17.1 Å². The zero-order valence-electron chi connectivity index (χ0n) is 15.0. The molecule has 0 bridgehead atoms. The average molecular weight is 363 g/mol. The molecule has 0 aliphatic rings. The third kappa shape index (κ3) is 2.99. The lowest BCUT2D eigenvalue weighted by molar-refractivity contribution is 0.415. The van der Waals surface area contributed by atoms with Crippen LogP contribution in [-0.4, -0.2) is 42.9 Å². The predicted octanol–water partition coefficient (Wildman–Crippen LogP) is 1.98. The van der Waals surface area contributed by atoms with Crippen LogP contribution in [0.4, 0.5) is 5.69 Å². The molecule has 9 heteroatoms. The second kappa shape index (κ2) is 6.52. The second-order valence-corrected chi connectivity index (χ2v) is 5.96. The molecule has 1 aromatic carbocycles. The van der Waals surface area contributed by atoms with Gasteiger partial charge >= 0.3 is 0 Å². The molecule has 3 heterocycles. The lowest BCUT2D eigenvalue weighted by atomic mass is 10.2. The Morgan fingerprint density at radius 3 is 2.85 bits per heavy atom. The monoisotopic (exact) mass is 363 g/mol. The number of H-pyrrole nitrogens is 1. The van der Waals surface area contributed by atoms with Gasteiger partial charge in [-0.3, -0.25) is 14.9 Å². The molecule has 3 aromatic heterocycles. The Balaban J connectivity index is 1.73. The fourth-order valence-corrected chi connectivity index (χ4v) is 2.71. The van der Waals surface area contributed by atoms with E-state index < -0.39 is 0 Å². The van der Waals surface area contributed by atoms with Crippen molar-refractivity contribution >= 4 is 17.5 Å². The highest BCUT2D eigenvalue weighted by Crippen LogP contribution is 2.19. The maximum absolute atomic E-state index is 12.8. The average Bonchev–Trinajstić information content (AvgIpc) is 3.19. The van der Waals surface area contributed by atoms with Gasteiger partial charge in [0.1, 0.15) is 5.75 Å². The van der Waals surface area contributed by atoms with Crippen LogP contribution in [0.15, 0.2) is 46.2 Å².